The maximum Gasteiger partial charge on any atom is 0.230 e. The number of carbonyl (C=O) groups excluding carboxylic acids is 1. The monoisotopic (exact) mass is 370 g/mol. The van der Waals surface area contributed by atoms with Crippen LogP contribution in [0.1, 0.15) is 12.8 Å². The molecule has 1 saturated heterocycles. The Labute approximate surface area is 154 Å². The van der Waals surface area contributed by atoms with E-state index in [4.69, 9.17) is 4.74 Å². The first-order valence-corrected chi connectivity index (χ1v) is 9.43. The lowest BCUT2D eigenvalue weighted by Crippen LogP contribution is -2.32. The maximum atomic E-state index is 12.0. The summed E-state index contributed by atoms with van der Waals surface area (Å²) < 4.78 is 7.15. The summed E-state index contributed by atoms with van der Waals surface area (Å²) in [4.78, 5) is 16.3. The number of aromatic nitrogens is 5. The van der Waals surface area contributed by atoms with Crippen molar-refractivity contribution >= 4 is 23.3 Å². The van der Waals surface area contributed by atoms with E-state index in [0.29, 0.717) is 29.5 Å². The van der Waals surface area contributed by atoms with Gasteiger partial charge in [-0.05, 0) is 37.1 Å². The fourth-order valence-corrected chi connectivity index (χ4v) is 3.41. The highest BCUT2D eigenvalue weighted by atomic mass is 32.2. The molecule has 4 heterocycles. The van der Waals surface area contributed by atoms with Gasteiger partial charge in [0.2, 0.25) is 11.7 Å². The Hall–Kier alpha value is -2.52. The first-order chi connectivity index (χ1) is 12.8. The van der Waals surface area contributed by atoms with Crippen LogP contribution in [-0.2, 0) is 9.53 Å². The average molecular weight is 370 g/mol. The Morgan fingerprint density at radius 2 is 2.27 bits per heavy atom. The molecule has 9 heteroatoms. The first-order valence-electron chi connectivity index (χ1n) is 8.44. The lowest BCUT2D eigenvalue weighted by molar-refractivity contribution is -0.119. The number of thioether (sulfide) groups is 1. The van der Waals surface area contributed by atoms with E-state index in [-0.39, 0.29) is 12.0 Å². The summed E-state index contributed by atoms with van der Waals surface area (Å²) in [5.41, 5.74) is 1.33. The van der Waals surface area contributed by atoms with Crippen LogP contribution < -0.4 is 5.32 Å². The van der Waals surface area contributed by atoms with E-state index in [9.17, 15) is 4.79 Å². The van der Waals surface area contributed by atoms with Crippen molar-refractivity contribution < 1.29 is 9.53 Å². The molecule has 0 aromatic carbocycles. The summed E-state index contributed by atoms with van der Waals surface area (Å²) in [6.45, 7) is 1.36. The summed E-state index contributed by atoms with van der Waals surface area (Å²) in [6.07, 6.45) is 3.93. The molecule has 3 aromatic heterocycles. The van der Waals surface area contributed by atoms with Gasteiger partial charge in [-0.15, -0.1) is 10.2 Å². The van der Waals surface area contributed by atoms with Crippen molar-refractivity contribution in [2.45, 2.75) is 24.0 Å². The van der Waals surface area contributed by atoms with E-state index in [1.807, 2.05) is 30.3 Å². The number of nitrogens with one attached hydrogen (secondary N) is 1. The largest absolute Gasteiger partial charge is 0.376 e. The molecular formula is C17H18N6O2S. The molecule has 1 N–H and O–H groups in total. The third-order valence-electron chi connectivity index (χ3n) is 4.03. The molecule has 0 unspecified atom stereocenters. The number of carbonyl (C=O) groups is 1. The molecule has 0 saturated carbocycles. The zero-order valence-electron chi connectivity index (χ0n) is 14.0. The van der Waals surface area contributed by atoms with Gasteiger partial charge in [-0.3, -0.25) is 9.78 Å². The van der Waals surface area contributed by atoms with Gasteiger partial charge in [0.15, 0.2) is 5.65 Å². The Morgan fingerprint density at radius 1 is 1.31 bits per heavy atom. The van der Waals surface area contributed by atoms with Gasteiger partial charge in [0.25, 0.3) is 0 Å². The van der Waals surface area contributed by atoms with Crippen LogP contribution >= 0.6 is 11.8 Å². The minimum Gasteiger partial charge on any atom is -0.376 e. The molecule has 1 atom stereocenters. The van der Waals surface area contributed by atoms with Crippen LogP contribution in [0.25, 0.3) is 17.2 Å². The van der Waals surface area contributed by atoms with Gasteiger partial charge in [-0.25, -0.2) is 0 Å². The molecule has 1 aliphatic rings. The van der Waals surface area contributed by atoms with Crippen molar-refractivity contribution in [2.24, 2.45) is 0 Å². The van der Waals surface area contributed by atoms with Gasteiger partial charge in [-0.1, -0.05) is 17.8 Å². The molecule has 1 aliphatic heterocycles. The number of nitrogens with zero attached hydrogens (tertiary/aromatic N) is 5. The number of ether oxygens (including phenoxy) is 1. The molecule has 4 rings (SSSR count). The average Bonchev–Trinajstić information content (AvgIpc) is 3.34. The Morgan fingerprint density at radius 3 is 3.08 bits per heavy atom. The number of pyridine rings is 1. The lowest BCUT2D eigenvalue weighted by atomic mass is 10.2. The number of fused-ring (bicyclic) bond motifs is 1. The second-order valence-corrected chi connectivity index (χ2v) is 6.90. The topological polar surface area (TPSA) is 94.3 Å². The molecule has 134 valence electrons. The summed E-state index contributed by atoms with van der Waals surface area (Å²) in [7, 11) is 0. The predicted molar refractivity (Wildman–Crippen MR) is 96.7 cm³/mol. The molecule has 0 radical (unpaired) electrons. The minimum atomic E-state index is -0.0268. The smallest absolute Gasteiger partial charge is 0.230 e. The van der Waals surface area contributed by atoms with E-state index >= 15 is 0 Å². The van der Waals surface area contributed by atoms with Gasteiger partial charge in [0.05, 0.1) is 11.9 Å². The van der Waals surface area contributed by atoms with Gasteiger partial charge in [0.1, 0.15) is 10.7 Å². The summed E-state index contributed by atoms with van der Waals surface area (Å²) >= 11 is 1.37. The molecule has 0 spiro atoms. The first kappa shape index (κ1) is 16.9. The van der Waals surface area contributed by atoms with E-state index in [2.05, 4.69) is 25.6 Å². The highest BCUT2D eigenvalue weighted by Crippen LogP contribution is 2.19. The quantitative estimate of drug-likeness (QED) is 0.658. The maximum absolute atomic E-state index is 12.0. The van der Waals surface area contributed by atoms with E-state index in [1.54, 1.807) is 10.7 Å². The molecule has 1 fully saturated rings. The van der Waals surface area contributed by atoms with Gasteiger partial charge in [0, 0.05) is 19.3 Å². The van der Waals surface area contributed by atoms with E-state index in [1.165, 1.54) is 11.8 Å². The number of hydrogen-bond donors (Lipinski definition) is 1. The normalized spacial score (nSPS) is 16.8. The molecule has 3 aromatic rings. The standard InChI is InChI=1S/C17H18N6O2S/c24-15(19-10-12-4-3-9-25-12)11-26-16-7-6-14-20-21-17(23(14)22-16)13-5-1-2-8-18-13/h1-2,5-8,12H,3-4,9-11H2,(H,19,24)/t12-/m0/s1. The molecule has 8 nitrogen and oxygen atoms in total. The fraction of sp³-hybridized carbons (Fsp3) is 0.353. The zero-order chi connectivity index (χ0) is 17.8. The van der Waals surface area contributed by atoms with Crippen molar-refractivity contribution in [1.82, 2.24) is 30.1 Å². The predicted octanol–water partition coefficient (Wildman–Crippen LogP) is 1.57. The van der Waals surface area contributed by atoms with Crippen molar-refractivity contribution in [1.29, 1.82) is 0 Å². The van der Waals surface area contributed by atoms with Crippen LogP contribution in [0.5, 0.6) is 0 Å². The van der Waals surface area contributed by atoms with Crippen LogP contribution in [0.4, 0.5) is 0 Å². The number of rotatable bonds is 6. The van der Waals surface area contributed by atoms with Crippen molar-refractivity contribution in [2.75, 3.05) is 18.9 Å². The Bertz CT molecular complexity index is 895. The highest BCUT2D eigenvalue weighted by molar-refractivity contribution is 7.99. The van der Waals surface area contributed by atoms with Crippen LogP contribution in [0.3, 0.4) is 0 Å². The summed E-state index contributed by atoms with van der Waals surface area (Å²) in [5.74, 6) is 0.846. The minimum absolute atomic E-state index is 0.0268. The summed E-state index contributed by atoms with van der Waals surface area (Å²) in [6, 6.07) is 9.26. The SMILES string of the molecule is O=C(CSc1ccc2nnc(-c3ccccn3)n2n1)NC[C@@H]1CCCO1. The second kappa shape index (κ2) is 7.79. The number of amides is 1. The molecule has 26 heavy (non-hydrogen) atoms. The van der Waals surface area contributed by atoms with Crippen molar-refractivity contribution in [3.63, 3.8) is 0 Å². The Balaban J connectivity index is 1.41. The van der Waals surface area contributed by atoms with Gasteiger partial charge in [-0.2, -0.15) is 9.61 Å². The summed E-state index contributed by atoms with van der Waals surface area (Å²) in [5, 5.41) is 16.4. The van der Waals surface area contributed by atoms with Crippen LogP contribution in [0.2, 0.25) is 0 Å². The zero-order valence-corrected chi connectivity index (χ0v) is 14.9. The van der Waals surface area contributed by atoms with E-state index < -0.39 is 0 Å². The third-order valence-corrected chi connectivity index (χ3v) is 4.95. The van der Waals surface area contributed by atoms with Crippen LogP contribution in [0.15, 0.2) is 41.6 Å². The van der Waals surface area contributed by atoms with Crippen molar-refractivity contribution in [3.05, 3.63) is 36.5 Å². The third kappa shape index (κ3) is 3.83. The van der Waals surface area contributed by atoms with Crippen LogP contribution in [-0.4, -0.2) is 55.7 Å². The van der Waals surface area contributed by atoms with E-state index in [0.717, 1.165) is 24.5 Å². The highest BCUT2D eigenvalue weighted by Gasteiger charge is 2.16. The number of hydrogen-bond acceptors (Lipinski definition) is 7. The van der Waals surface area contributed by atoms with Crippen molar-refractivity contribution in [3.8, 4) is 11.5 Å². The lowest BCUT2D eigenvalue weighted by Gasteiger charge is -2.10. The molecule has 1 amide bonds. The fourth-order valence-electron chi connectivity index (χ4n) is 2.73. The molecule has 0 aliphatic carbocycles. The molecular weight excluding hydrogens is 352 g/mol. The van der Waals surface area contributed by atoms with Gasteiger partial charge < -0.3 is 10.1 Å². The van der Waals surface area contributed by atoms with Crippen LogP contribution in [0, 0.1) is 0 Å². The second-order valence-electron chi connectivity index (χ2n) is 5.91. The Kier molecular flexibility index (Phi) is 5.07. The molecule has 0 bridgehead atoms. The van der Waals surface area contributed by atoms with Gasteiger partial charge >= 0.3 is 0 Å².